The monoisotopic (exact) mass is 235 g/mol. The molecule has 0 aliphatic rings. The van der Waals surface area contributed by atoms with E-state index in [1.807, 2.05) is 31.2 Å². The number of urea groups is 1. The molecule has 94 valence electrons. The number of hydrogen-bond acceptors (Lipinski definition) is 2. The molecule has 2 amide bonds. The Balaban J connectivity index is 2.77. The van der Waals surface area contributed by atoms with E-state index in [9.17, 15) is 4.79 Å². The summed E-state index contributed by atoms with van der Waals surface area (Å²) in [5.74, 6) is 0. The molecule has 3 N–H and O–H groups in total. The number of hydrogen-bond donors (Lipinski definition) is 2. The van der Waals surface area contributed by atoms with Crippen LogP contribution in [0.4, 0.5) is 16.2 Å². The second-order valence-corrected chi connectivity index (χ2v) is 3.98. The molecule has 0 aromatic heterocycles. The first-order valence-corrected chi connectivity index (χ1v) is 6.10. The summed E-state index contributed by atoms with van der Waals surface area (Å²) in [6, 6.07) is 7.32. The Labute approximate surface area is 103 Å². The summed E-state index contributed by atoms with van der Waals surface area (Å²) in [5.41, 5.74) is 7.23. The lowest BCUT2D eigenvalue weighted by molar-refractivity contribution is 0.246. The van der Waals surface area contributed by atoms with Crippen molar-refractivity contribution in [1.82, 2.24) is 5.32 Å². The maximum Gasteiger partial charge on any atom is 0.321 e. The molecule has 0 unspecified atom stereocenters. The number of carbonyl (C=O) groups excluding carboxylic acids is 1. The predicted molar refractivity (Wildman–Crippen MR) is 72.2 cm³/mol. The summed E-state index contributed by atoms with van der Waals surface area (Å²) < 4.78 is 0. The number of rotatable bonds is 5. The van der Waals surface area contributed by atoms with Crippen LogP contribution in [0.3, 0.4) is 0 Å². The first-order valence-electron chi connectivity index (χ1n) is 6.10. The highest BCUT2D eigenvalue weighted by Gasteiger charge is 2.13. The van der Waals surface area contributed by atoms with Crippen molar-refractivity contribution in [3.8, 4) is 0 Å². The molecule has 0 heterocycles. The summed E-state index contributed by atoms with van der Waals surface area (Å²) in [6.45, 7) is 5.50. The van der Waals surface area contributed by atoms with Crippen LogP contribution in [0, 0.1) is 0 Å². The number of carbonyl (C=O) groups is 1. The van der Waals surface area contributed by atoms with Crippen molar-refractivity contribution in [2.45, 2.75) is 26.7 Å². The molecule has 1 rings (SSSR count). The Morgan fingerprint density at radius 1 is 1.24 bits per heavy atom. The van der Waals surface area contributed by atoms with Crippen molar-refractivity contribution < 1.29 is 4.79 Å². The number of nitrogens with one attached hydrogen (secondary N) is 1. The number of benzene rings is 1. The van der Waals surface area contributed by atoms with Gasteiger partial charge in [0.2, 0.25) is 0 Å². The Morgan fingerprint density at radius 3 is 2.41 bits per heavy atom. The lowest BCUT2D eigenvalue weighted by atomic mass is 10.2. The van der Waals surface area contributed by atoms with Crippen molar-refractivity contribution in [3.63, 3.8) is 0 Å². The first kappa shape index (κ1) is 13.4. The van der Waals surface area contributed by atoms with Crippen LogP contribution in [0.2, 0.25) is 0 Å². The van der Waals surface area contributed by atoms with Gasteiger partial charge in [0, 0.05) is 24.5 Å². The van der Waals surface area contributed by atoms with Crippen LogP contribution in [-0.4, -0.2) is 19.1 Å². The molecule has 0 aliphatic heterocycles. The Hall–Kier alpha value is -1.71. The molecule has 0 bridgehead atoms. The Morgan fingerprint density at radius 2 is 1.88 bits per heavy atom. The lowest BCUT2D eigenvalue weighted by Crippen LogP contribution is -2.40. The average molecular weight is 235 g/mol. The van der Waals surface area contributed by atoms with E-state index in [0.29, 0.717) is 18.8 Å². The van der Waals surface area contributed by atoms with Gasteiger partial charge in [0.15, 0.2) is 0 Å². The fourth-order valence-corrected chi connectivity index (χ4v) is 1.55. The highest BCUT2D eigenvalue weighted by Crippen LogP contribution is 2.16. The van der Waals surface area contributed by atoms with Gasteiger partial charge < -0.3 is 11.1 Å². The van der Waals surface area contributed by atoms with E-state index in [2.05, 4.69) is 12.2 Å². The van der Waals surface area contributed by atoms with Crippen LogP contribution in [0.15, 0.2) is 24.3 Å². The number of nitrogen functional groups attached to an aromatic ring is 1. The van der Waals surface area contributed by atoms with E-state index in [1.54, 1.807) is 4.90 Å². The van der Waals surface area contributed by atoms with Crippen LogP contribution >= 0.6 is 0 Å². The molecule has 0 saturated heterocycles. The predicted octanol–water partition coefficient (Wildman–Crippen LogP) is 2.60. The summed E-state index contributed by atoms with van der Waals surface area (Å²) >= 11 is 0. The smallest absolute Gasteiger partial charge is 0.321 e. The average Bonchev–Trinajstić information content (AvgIpc) is 2.34. The molecule has 4 nitrogen and oxygen atoms in total. The lowest BCUT2D eigenvalue weighted by Gasteiger charge is -2.22. The van der Waals surface area contributed by atoms with E-state index in [1.165, 1.54) is 0 Å². The highest BCUT2D eigenvalue weighted by atomic mass is 16.2. The van der Waals surface area contributed by atoms with Gasteiger partial charge in [-0.1, -0.05) is 13.8 Å². The summed E-state index contributed by atoms with van der Waals surface area (Å²) in [5, 5.41) is 2.89. The minimum Gasteiger partial charge on any atom is -0.399 e. The van der Waals surface area contributed by atoms with E-state index in [4.69, 9.17) is 5.73 Å². The van der Waals surface area contributed by atoms with E-state index < -0.39 is 0 Å². The third-order valence-corrected chi connectivity index (χ3v) is 2.42. The summed E-state index contributed by atoms with van der Waals surface area (Å²) in [4.78, 5) is 13.7. The Bertz CT molecular complexity index is 348. The largest absolute Gasteiger partial charge is 0.399 e. The second kappa shape index (κ2) is 6.78. The van der Waals surface area contributed by atoms with Gasteiger partial charge in [-0.2, -0.15) is 0 Å². The minimum absolute atomic E-state index is 0.0431. The molecule has 4 heteroatoms. The molecule has 0 aliphatic carbocycles. The molecular weight excluding hydrogens is 214 g/mol. The van der Waals surface area contributed by atoms with Crippen molar-refractivity contribution in [3.05, 3.63) is 24.3 Å². The fraction of sp³-hybridized carbons (Fsp3) is 0.462. The van der Waals surface area contributed by atoms with Gasteiger partial charge in [0.05, 0.1) is 0 Å². The molecule has 0 fully saturated rings. The number of anilines is 2. The molecular formula is C13H21N3O. The van der Waals surface area contributed by atoms with Crippen molar-refractivity contribution in [2.24, 2.45) is 0 Å². The van der Waals surface area contributed by atoms with Gasteiger partial charge >= 0.3 is 6.03 Å². The quantitative estimate of drug-likeness (QED) is 0.771. The normalized spacial score (nSPS) is 10.0. The van der Waals surface area contributed by atoms with Crippen LogP contribution in [0.1, 0.15) is 26.7 Å². The topological polar surface area (TPSA) is 58.4 Å². The number of nitrogens with zero attached hydrogens (tertiary/aromatic N) is 1. The van der Waals surface area contributed by atoms with E-state index >= 15 is 0 Å². The molecule has 0 saturated carbocycles. The maximum atomic E-state index is 12.0. The molecule has 1 aromatic carbocycles. The molecule has 0 atom stereocenters. The third kappa shape index (κ3) is 3.98. The minimum atomic E-state index is -0.0431. The third-order valence-electron chi connectivity index (χ3n) is 2.42. The van der Waals surface area contributed by atoms with Gasteiger partial charge in [0.1, 0.15) is 0 Å². The second-order valence-electron chi connectivity index (χ2n) is 3.98. The van der Waals surface area contributed by atoms with Crippen molar-refractivity contribution in [1.29, 1.82) is 0 Å². The standard InChI is InChI=1S/C13H21N3O/c1-3-9-15-13(17)16(10-4-2)12-7-5-11(14)6-8-12/h5-8H,3-4,9-10,14H2,1-2H3,(H,15,17). The summed E-state index contributed by atoms with van der Waals surface area (Å²) in [6.07, 6.45) is 1.86. The highest BCUT2D eigenvalue weighted by molar-refractivity contribution is 5.92. The maximum absolute atomic E-state index is 12.0. The van der Waals surface area contributed by atoms with Crippen molar-refractivity contribution in [2.75, 3.05) is 23.7 Å². The molecule has 0 spiro atoms. The van der Waals surface area contributed by atoms with Gasteiger partial charge in [-0.15, -0.1) is 0 Å². The van der Waals surface area contributed by atoms with E-state index in [0.717, 1.165) is 18.5 Å². The van der Waals surface area contributed by atoms with E-state index in [-0.39, 0.29) is 6.03 Å². The molecule has 1 aromatic rings. The summed E-state index contributed by atoms with van der Waals surface area (Å²) in [7, 11) is 0. The number of amides is 2. The van der Waals surface area contributed by atoms with Gasteiger partial charge in [-0.25, -0.2) is 4.79 Å². The molecule has 0 radical (unpaired) electrons. The van der Waals surface area contributed by atoms with Gasteiger partial charge in [-0.3, -0.25) is 4.90 Å². The van der Waals surface area contributed by atoms with Gasteiger partial charge in [-0.05, 0) is 37.1 Å². The zero-order valence-corrected chi connectivity index (χ0v) is 10.6. The van der Waals surface area contributed by atoms with Crippen LogP contribution in [0.5, 0.6) is 0 Å². The van der Waals surface area contributed by atoms with Crippen LogP contribution < -0.4 is 16.0 Å². The van der Waals surface area contributed by atoms with Crippen molar-refractivity contribution >= 4 is 17.4 Å². The number of nitrogens with two attached hydrogens (primary N) is 1. The Kier molecular flexibility index (Phi) is 5.33. The van der Waals surface area contributed by atoms with Gasteiger partial charge in [0.25, 0.3) is 0 Å². The zero-order valence-electron chi connectivity index (χ0n) is 10.6. The van der Waals surface area contributed by atoms with Crippen LogP contribution in [-0.2, 0) is 0 Å². The fourth-order valence-electron chi connectivity index (χ4n) is 1.55. The zero-order chi connectivity index (χ0) is 12.7. The SMILES string of the molecule is CCCNC(=O)N(CCC)c1ccc(N)cc1. The van der Waals surface area contributed by atoms with Crippen LogP contribution in [0.25, 0.3) is 0 Å². The first-order chi connectivity index (χ1) is 8.19. The molecule has 17 heavy (non-hydrogen) atoms.